The van der Waals surface area contributed by atoms with Crippen molar-refractivity contribution in [2.45, 2.75) is 6.18 Å². The topological polar surface area (TPSA) is 17.3 Å². The molecule has 0 amide bonds. The Labute approximate surface area is 71.6 Å². The van der Waals surface area contributed by atoms with Crippen molar-refractivity contribution < 1.29 is 13.2 Å². The van der Waals surface area contributed by atoms with E-state index in [4.69, 9.17) is 0 Å². The number of nitrogens with zero attached hydrogens (tertiary/aromatic N) is 2. The van der Waals surface area contributed by atoms with Crippen LogP contribution < -0.4 is 0 Å². The standard InChI is InChI=1S/C8H5F3N2/c9-8(10,11)6-1-2-7-12-3-4-13(7)5-6/h1-5H. The van der Waals surface area contributed by atoms with Gasteiger partial charge in [-0.2, -0.15) is 13.2 Å². The van der Waals surface area contributed by atoms with Crippen molar-refractivity contribution in [2.75, 3.05) is 0 Å². The van der Waals surface area contributed by atoms with E-state index in [1.165, 1.54) is 22.9 Å². The minimum Gasteiger partial charge on any atom is -0.307 e. The molecule has 0 saturated carbocycles. The maximum Gasteiger partial charge on any atom is 0.417 e. The summed E-state index contributed by atoms with van der Waals surface area (Å²) in [6.45, 7) is 0. The number of rotatable bonds is 0. The first-order valence-electron chi connectivity index (χ1n) is 3.57. The minimum atomic E-state index is -4.29. The molecular weight excluding hydrogens is 181 g/mol. The highest BCUT2D eigenvalue weighted by atomic mass is 19.4. The van der Waals surface area contributed by atoms with Gasteiger partial charge in [0, 0.05) is 18.6 Å². The molecule has 2 heterocycles. The van der Waals surface area contributed by atoms with E-state index in [0.717, 1.165) is 12.3 Å². The van der Waals surface area contributed by atoms with Gasteiger partial charge < -0.3 is 4.40 Å². The second-order valence-electron chi connectivity index (χ2n) is 2.61. The summed E-state index contributed by atoms with van der Waals surface area (Å²) in [5.74, 6) is 0. The second kappa shape index (κ2) is 2.48. The van der Waals surface area contributed by atoms with Crippen molar-refractivity contribution in [2.24, 2.45) is 0 Å². The fourth-order valence-corrected chi connectivity index (χ4v) is 1.09. The summed E-state index contributed by atoms with van der Waals surface area (Å²) in [5.41, 5.74) is -0.161. The summed E-state index contributed by atoms with van der Waals surface area (Å²) < 4.78 is 37.9. The fourth-order valence-electron chi connectivity index (χ4n) is 1.09. The Morgan fingerprint density at radius 3 is 2.69 bits per heavy atom. The highest BCUT2D eigenvalue weighted by Crippen LogP contribution is 2.28. The summed E-state index contributed by atoms with van der Waals surface area (Å²) in [7, 11) is 0. The van der Waals surface area contributed by atoms with Crippen LogP contribution in [0, 0.1) is 0 Å². The molecule has 2 nitrogen and oxygen atoms in total. The van der Waals surface area contributed by atoms with Gasteiger partial charge in [0.1, 0.15) is 5.65 Å². The number of fused-ring (bicyclic) bond motifs is 1. The maximum absolute atomic E-state index is 12.2. The number of halogens is 3. The van der Waals surface area contributed by atoms with Crippen molar-refractivity contribution in [1.29, 1.82) is 0 Å². The number of pyridine rings is 1. The van der Waals surface area contributed by atoms with E-state index < -0.39 is 11.7 Å². The molecule has 0 aliphatic heterocycles. The molecule has 0 atom stereocenters. The summed E-state index contributed by atoms with van der Waals surface area (Å²) in [6, 6.07) is 2.35. The van der Waals surface area contributed by atoms with Crippen LogP contribution in [0.3, 0.4) is 0 Å². The van der Waals surface area contributed by atoms with Crippen LogP contribution in [0.2, 0.25) is 0 Å². The first-order chi connectivity index (χ1) is 6.07. The molecule has 0 aromatic carbocycles. The van der Waals surface area contributed by atoms with Crippen LogP contribution in [0.4, 0.5) is 13.2 Å². The quantitative estimate of drug-likeness (QED) is 0.617. The normalized spacial score (nSPS) is 12.2. The molecule has 0 aliphatic rings. The average molecular weight is 186 g/mol. The fraction of sp³-hybridized carbons (Fsp3) is 0.125. The van der Waals surface area contributed by atoms with Crippen LogP contribution in [0.15, 0.2) is 30.7 Å². The molecule has 0 unspecified atom stereocenters. The molecule has 2 aromatic rings. The lowest BCUT2D eigenvalue weighted by Gasteiger charge is -2.05. The van der Waals surface area contributed by atoms with Gasteiger partial charge in [0.25, 0.3) is 0 Å². The Morgan fingerprint density at radius 1 is 1.23 bits per heavy atom. The first-order valence-corrected chi connectivity index (χ1v) is 3.57. The van der Waals surface area contributed by atoms with Gasteiger partial charge in [-0.1, -0.05) is 0 Å². The van der Waals surface area contributed by atoms with Crippen LogP contribution >= 0.6 is 0 Å². The van der Waals surface area contributed by atoms with E-state index in [1.54, 1.807) is 0 Å². The molecule has 0 spiro atoms. The second-order valence-corrected chi connectivity index (χ2v) is 2.61. The predicted octanol–water partition coefficient (Wildman–Crippen LogP) is 2.35. The molecule has 0 bridgehead atoms. The van der Waals surface area contributed by atoms with E-state index in [1.807, 2.05) is 0 Å². The monoisotopic (exact) mass is 186 g/mol. The first kappa shape index (κ1) is 8.10. The van der Waals surface area contributed by atoms with Crippen LogP contribution in [-0.2, 0) is 6.18 Å². The van der Waals surface area contributed by atoms with Crippen molar-refractivity contribution in [3.63, 3.8) is 0 Å². The largest absolute Gasteiger partial charge is 0.417 e. The minimum absolute atomic E-state index is 0.507. The van der Waals surface area contributed by atoms with Crippen molar-refractivity contribution in [1.82, 2.24) is 9.38 Å². The van der Waals surface area contributed by atoms with Crippen molar-refractivity contribution in [3.05, 3.63) is 36.3 Å². The average Bonchev–Trinajstić information content (AvgIpc) is 2.47. The Hall–Kier alpha value is -1.52. The zero-order chi connectivity index (χ0) is 9.47. The van der Waals surface area contributed by atoms with Gasteiger partial charge in [0.2, 0.25) is 0 Å². The molecule has 68 valence electrons. The number of hydrogen-bond acceptors (Lipinski definition) is 1. The Balaban J connectivity index is 2.61. The number of imidazole rings is 1. The van der Waals surface area contributed by atoms with Gasteiger partial charge >= 0.3 is 6.18 Å². The van der Waals surface area contributed by atoms with E-state index in [-0.39, 0.29) is 0 Å². The molecule has 2 rings (SSSR count). The van der Waals surface area contributed by atoms with Gasteiger partial charge in [0.15, 0.2) is 0 Å². The molecule has 0 fully saturated rings. The molecule has 0 aliphatic carbocycles. The molecule has 0 saturated heterocycles. The lowest BCUT2D eigenvalue weighted by molar-refractivity contribution is -0.137. The summed E-state index contributed by atoms with van der Waals surface area (Å²) >= 11 is 0. The van der Waals surface area contributed by atoms with Gasteiger partial charge in [-0.05, 0) is 12.1 Å². The SMILES string of the molecule is FC(F)(F)c1ccc2nccn2c1. The predicted molar refractivity (Wildman–Crippen MR) is 40.2 cm³/mol. The third kappa shape index (κ3) is 1.37. The zero-order valence-electron chi connectivity index (χ0n) is 6.42. The van der Waals surface area contributed by atoms with E-state index in [0.29, 0.717) is 5.65 Å². The van der Waals surface area contributed by atoms with Gasteiger partial charge in [-0.25, -0.2) is 4.98 Å². The highest BCUT2D eigenvalue weighted by molar-refractivity contribution is 5.39. The van der Waals surface area contributed by atoms with Crippen LogP contribution in [0.1, 0.15) is 5.56 Å². The molecule has 2 aromatic heterocycles. The summed E-state index contributed by atoms with van der Waals surface area (Å²) in [4.78, 5) is 3.84. The Kier molecular flexibility index (Phi) is 1.55. The molecule has 0 radical (unpaired) electrons. The lowest BCUT2D eigenvalue weighted by Crippen LogP contribution is -2.05. The molecule has 0 N–H and O–H groups in total. The molecule has 5 heteroatoms. The Bertz CT molecular complexity index is 430. The van der Waals surface area contributed by atoms with Crippen LogP contribution in [0.25, 0.3) is 5.65 Å². The number of aromatic nitrogens is 2. The highest BCUT2D eigenvalue weighted by Gasteiger charge is 2.30. The van der Waals surface area contributed by atoms with Crippen LogP contribution in [0.5, 0.6) is 0 Å². The molecular formula is C8H5F3N2. The number of hydrogen-bond donors (Lipinski definition) is 0. The zero-order valence-corrected chi connectivity index (χ0v) is 6.42. The Morgan fingerprint density at radius 2 is 2.00 bits per heavy atom. The smallest absolute Gasteiger partial charge is 0.307 e. The van der Waals surface area contributed by atoms with Crippen molar-refractivity contribution >= 4 is 5.65 Å². The maximum atomic E-state index is 12.2. The van der Waals surface area contributed by atoms with Gasteiger partial charge in [-0.15, -0.1) is 0 Å². The third-order valence-corrected chi connectivity index (χ3v) is 1.72. The van der Waals surface area contributed by atoms with Crippen LogP contribution in [-0.4, -0.2) is 9.38 Å². The molecule has 13 heavy (non-hydrogen) atoms. The van der Waals surface area contributed by atoms with E-state index >= 15 is 0 Å². The third-order valence-electron chi connectivity index (χ3n) is 1.72. The van der Waals surface area contributed by atoms with E-state index in [2.05, 4.69) is 4.98 Å². The summed E-state index contributed by atoms with van der Waals surface area (Å²) in [6.07, 6.45) is -0.346. The van der Waals surface area contributed by atoms with E-state index in [9.17, 15) is 13.2 Å². The number of alkyl halides is 3. The van der Waals surface area contributed by atoms with Gasteiger partial charge in [-0.3, -0.25) is 0 Å². The lowest BCUT2D eigenvalue weighted by atomic mass is 10.3. The summed E-state index contributed by atoms with van der Waals surface area (Å²) in [5, 5.41) is 0. The van der Waals surface area contributed by atoms with Gasteiger partial charge in [0.05, 0.1) is 5.56 Å². The van der Waals surface area contributed by atoms with Crippen molar-refractivity contribution in [3.8, 4) is 0 Å².